The van der Waals surface area contributed by atoms with Gasteiger partial charge >= 0.3 is 5.97 Å². The van der Waals surface area contributed by atoms with Crippen LogP contribution in [0.5, 0.6) is 0 Å². The molecule has 1 N–H and O–H groups in total. The molecule has 80 valence electrons. The fourth-order valence-electron chi connectivity index (χ4n) is 1.28. The third kappa shape index (κ3) is 1.88. The summed E-state index contributed by atoms with van der Waals surface area (Å²) in [6, 6.07) is 7.49. The number of carboxylic acid groups (broad SMARTS) is 1. The van der Waals surface area contributed by atoms with Gasteiger partial charge in [0, 0.05) is 11.8 Å². The molecule has 16 heavy (non-hydrogen) atoms. The molecule has 0 unspecified atom stereocenters. The summed E-state index contributed by atoms with van der Waals surface area (Å²) in [7, 11) is 0. The minimum absolute atomic E-state index is 0.255. The summed E-state index contributed by atoms with van der Waals surface area (Å²) in [6.45, 7) is 0. The molecule has 0 aliphatic carbocycles. The van der Waals surface area contributed by atoms with Crippen molar-refractivity contribution in [1.29, 1.82) is 0 Å². The molecule has 0 spiro atoms. The van der Waals surface area contributed by atoms with Crippen molar-refractivity contribution in [2.45, 2.75) is 0 Å². The van der Waals surface area contributed by atoms with E-state index in [2.05, 4.69) is 9.97 Å². The molecule has 0 fully saturated rings. The lowest BCUT2D eigenvalue weighted by Gasteiger charge is -2.02. The Hall–Kier alpha value is -2.30. The van der Waals surface area contributed by atoms with Crippen LogP contribution in [0.2, 0.25) is 0 Å². The van der Waals surface area contributed by atoms with Gasteiger partial charge in [-0.1, -0.05) is 12.1 Å². The molecule has 0 saturated carbocycles. The average molecular weight is 218 g/mol. The third-order valence-electron chi connectivity index (χ3n) is 2.00. The van der Waals surface area contributed by atoms with Crippen molar-refractivity contribution in [3.8, 4) is 11.3 Å². The van der Waals surface area contributed by atoms with E-state index in [1.54, 1.807) is 12.1 Å². The molecule has 0 atom stereocenters. The van der Waals surface area contributed by atoms with E-state index >= 15 is 0 Å². The summed E-state index contributed by atoms with van der Waals surface area (Å²) in [5.41, 5.74) is 0.512. The summed E-state index contributed by atoms with van der Waals surface area (Å²) in [4.78, 5) is 18.0. The Labute approximate surface area is 90.4 Å². The maximum atomic E-state index is 13.4. The summed E-state index contributed by atoms with van der Waals surface area (Å²) in [5.74, 6) is -2.03. The Morgan fingerprint density at radius 2 is 2.00 bits per heavy atom. The number of carbonyl (C=O) groups is 1. The fourth-order valence-corrected chi connectivity index (χ4v) is 1.28. The molecular weight excluding hydrogens is 211 g/mol. The van der Waals surface area contributed by atoms with Gasteiger partial charge in [-0.15, -0.1) is 0 Å². The van der Waals surface area contributed by atoms with Crippen molar-refractivity contribution in [2.24, 2.45) is 0 Å². The number of halogens is 1. The van der Waals surface area contributed by atoms with Crippen molar-refractivity contribution in [1.82, 2.24) is 9.97 Å². The zero-order chi connectivity index (χ0) is 11.5. The average Bonchev–Trinajstić information content (AvgIpc) is 2.30. The maximum absolute atomic E-state index is 13.4. The topological polar surface area (TPSA) is 63.1 Å². The van der Waals surface area contributed by atoms with Crippen LogP contribution in [0.4, 0.5) is 4.39 Å². The van der Waals surface area contributed by atoms with Crippen molar-refractivity contribution in [3.63, 3.8) is 0 Å². The van der Waals surface area contributed by atoms with E-state index in [1.807, 2.05) is 0 Å². The van der Waals surface area contributed by atoms with Crippen LogP contribution in [-0.4, -0.2) is 21.0 Å². The number of benzene rings is 1. The van der Waals surface area contributed by atoms with Gasteiger partial charge in [-0.25, -0.2) is 19.2 Å². The molecule has 4 nitrogen and oxygen atoms in total. The van der Waals surface area contributed by atoms with Gasteiger partial charge in [0.1, 0.15) is 5.82 Å². The van der Waals surface area contributed by atoms with Crippen LogP contribution < -0.4 is 0 Å². The van der Waals surface area contributed by atoms with E-state index in [1.165, 1.54) is 24.4 Å². The van der Waals surface area contributed by atoms with Crippen molar-refractivity contribution < 1.29 is 14.3 Å². The zero-order valence-electron chi connectivity index (χ0n) is 8.09. The highest BCUT2D eigenvalue weighted by Gasteiger charge is 2.10. The Kier molecular flexibility index (Phi) is 2.59. The highest BCUT2D eigenvalue weighted by Crippen LogP contribution is 2.19. The fraction of sp³-hybridized carbons (Fsp3) is 0. The van der Waals surface area contributed by atoms with E-state index in [0.29, 0.717) is 0 Å². The van der Waals surface area contributed by atoms with Gasteiger partial charge in [0.25, 0.3) is 0 Å². The SMILES string of the molecule is O=C(O)c1nccc(-c2ccccc2F)n1. The van der Waals surface area contributed by atoms with Crippen molar-refractivity contribution in [2.75, 3.05) is 0 Å². The number of rotatable bonds is 2. The number of aromatic nitrogens is 2. The summed E-state index contributed by atoms with van der Waals surface area (Å²) >= 11 is 0. The van der Waals surface area contributed by atoms with Crippen molar-refractivity contribution >= 4 is 5.97 Å². The smallest absolute Gasteiger partial charge is 0.373 e. The minimum Gasteiger partial charge on any atom is -0.475 e. The van der Waals surface area contributed by atoms with E-state index in [0.717, 1.165) is 0 Å². The second kappa shape index (κ2) is 4.06. The van der Waals surface area contributed by atoms with Gasteiger partial charge in [-0.3, -0.25) is 0 Å². The van der Waals surface area contributed by atoms with Crippen LogP contribution in [0.15, 0.2) is 36.5 Å². The lowest BCUT2D eigenvalue weighted by Crippen LogP contribution is -2.04. The predicted molar refractivity (Wildman–Crippen MR) is 54.4 cm³/mol. The normalized spacial score (nSPS) is 10.1. The van der Waals surface area contributed by atoms with E-state index in [-0.39, 0.29) is 17.1 Å². The molecule has 0 bridgehead atoms. The van der Waals surface area contributed by atoms with E-state index in [9.17, 15) is 9.18 Å². The number of nitrogens with zero attached hydrogens (tertiary/aromatic N) is 2. The lowest BCUT2D eigenvalue weighted by molar-refractivity contribution is 0.0683. The number of hydrogen-bond donors (Lipinski definition) is 1. The Balaban J connectivity index is 2.53. The summed E-state index contributed by atoms with van der Waals surface area (Å²) in [6.07, 6.45) is 1.29. The molecule has 1 aromatic heterocycles. The first kappa shape index (κ1) is 10.2. The highest BCUT2D eigenvalue weighted by molar-refractivity contribution is 5.83. The Morgan fingerprint density at radius 3 is 2.69 bits per heavy atom. The molecule has 0 radical (unpaired) electrons. The van der Waals surface area contributed by atoms with Crippen LogP contribution in [0.3, 0.4) is 0 Å². The second-order valence-corrected chi connectivity index (χ2v) is 3.05. The van der Waals surface area contributed by atoms with Gasteiger partial charge in [0.2, 0.25) is 5.82 Å². The lowest BCUT2D eigenvalue weighted by atomic mass is 10.1. The van der Waals surface area contributed by atoms with Gasteiger partial charge < -0.3 is 5.11 Å². The summed E-state index contributed by atoms with van der Waals surface area (Å²) in [5, 5.41) is 8.71. The first-order valence-electron chi connectivity index (χ1n) is 4.50. The number of hydrogen-bond acceptors (Lipinski definition) is 3. The van der Waals surface area contributed by atoms with E-state index < -0.39 is 11.8 Å². The maximum Gasteiger partial charge on any atom is 0.373 e. The monoisotopic (exact) mass is 218 g/mol. The standard InChI is InChI=1S/C11H7FN2O2/c12-8-4-2-1-3-7(8)9-5-6-13-10(14-9)11(15)16/h1-6H,(H,15,16). The molecule has 0 aliphatic rings. The quantitative estimate of drug-likeness (QED) is 0.837. The molecular formula is C11H7FN2O2. The van der Waals surface area contributed by atoms with Crippen LogP contribution in [0.25, 0.3) is 11.3 Å². The Bertz CT molecular complexity index is 543. The molecule has 2 aromatic rings. The highest BCUT2D eigenvalue weighted by atomic mass is 19.1. The first-order valence-corrected chi connectivity index (χ1v) is 4.50. The molecule has 1 heterocycles. The molecule has 5 heteroatoms. The van der Waals surface area contributed by atoms with Crippen LogP contribution >= 0.6 is 0 Å². The number of aromatic carboxylic acids is 1. The molecule has 2 rings (SSSR count). The molecule has 0 saturated heterocycles. The van der Waals surface area contributed by atoms with Gasteiger partial charge in [0.05, 0.1) is 5.69 Å². The number of carboxylic acids is 1. The zero-order valence-corrected chi connectivity index (χ0v) is 8.09. The third-order valence-corrected chi connectivity index (χ3v) is 2.00. The van der Waals surface area contributed by atoms with Crippen molar-refractivity contribution in [3.05, 3.63) is 48.2 Å². The van der Waals surface area contributed by atoms with Gasteiger partial charge in [-0.2, -0.15) is 0 Å². The van der Waals surface area contributed by atoms with Crippen LogP contribution in [-0.2, 0) is 0 Å². The minimum atomic E-state index is -1.24. The second-order valence-electron chi connectivity index (χ2n) is 3.05. The van der Waals surface area contributed by atoms with Gasteiger partial charge in [-0.05, 0) is 18.2 Å². The molecule has 0 aliphatic heterocycles. The predicted octanol–water partition coefficient (Wildman–Crippen LogP) is 1.98. The summed E-state index contributed by atoms with van der Waals surface area (Å²) < 4.78 is 13.4. The van der Waals surface area contributed by atoms with E-state index in [4.69, 9.17) is 5.11 Å². The Morgan fingerprint density at radius 1 is 1.25 bits per heavy atom. The van der Waals surface area contributed by atoms with Crippen LogP contribution in [0.1, 0.15) is 10.6 Å². The van der Waals surface area contributed by atoms with Crippen LogP contribution in [0, 0.1) is 5.82 Å². The molecule has 0 amide bonds. The largest absolute Gasteiger partial charge is 0.475 e. The van der Waals surface area contributed by atoms with Gasteiger partial charge in [0.15, 0.2) is 0 Å². The first-order chi connectivity index (χ1) is 7.68. The molecule has 1 aromatic carbocycles.